The van der Waals surface area contributed by atoms with Gasteiger partial charge in [0.15, 0.2) is 0 Å². The lowest BCUT2D eigenvalue weighted by atomic mass is 10.1. The number of halogens is 1. The number of hydrogen-bond donors (Lipinski definition) is 1. The van der Waals surface area contributed by atoms with Crippen molar-refractivity contribution in [2.24, 2.45) is 0 Å². The molecule has 2 aromatic carbocycles. The van der Waals surface area contributed by atoms with Crippen LogP contribution < -0.4 is 10.1 Å². The second-order valence-electron chi connectivity index (χ2n) is 6.02. The van der Waals surface area contributed by atoms with Crippen LogP contribution in [0.3, 0.4) is 0 Å². The third-order valence-corrected chi connectivity index (χ3v) is 4.40. The zero-order valence-corrected chi connectivity index (χ0v) is 15.9. The first-order valence-corrected chi connectivity index (χ1v) is 8.71. The molecule has 0 bridgehead atoms. The summed E-state index contributed by atoms with van der Waals surface area (Å²) in [6.45, 7) is 3.93. The fourth-order valence-electron chi connectivity index (χ4n) is 2.53. The summed E-state index contributed by atoms with van der Waals surface area (Å²) >= 11 is 5.86. The van der Waals surface area contributed by atoms with E-state index in [4.69, 9.17) is 16.3 Å². The van der Waals surface area contributed by atoms with Crippen molar-refractivity contribution in [1.82, 2.24) is 10.2 Å². The van der Waals surface area contributed by atoms with Crippen molar-refractivity contribution in [3.05, 3.63) is 64.7 Å². The molecule has 0 saturated heterocycles. The number of amides is 2. The number of hydrogen-bond acceptors (Lipinski definition) is 3. The minimum absolute atomic E-state index is 0.157. The molecule has 1 unspecified atom stereocenters. The second-order valence-corrected chi connectivity index (χ2v) is 6.45. The number of rotatable bonds is 7. The van der Waals surface area contributed by atoms with Crippen molar-refractivity contribution in [2.75, 3.05) is 7.11 Å². The topological polar surface area (TPSA) is 58.6 Å². The van der Waals surface area contributed by atoms with Crippen LogP contribution >= 0.6 is 11.6 Å². The number of benzene rings is 2. The lowest BCUT2D eigenvalue weighted by Crippen LogP contribution is -2.46. The summed E-state index contributed by atoms with van der Waals surface area (Å²) in [5.74, 6) is 0.385. The predicted molar refractivity (Wildman–Crippen MR) is 102 cm³/mol. The van der Waals surface area contributed by atoms with Crippen LogP contribution in [0.15, 0.2) is 48.5 Å². The van der Waals surface area contributed by atoms with Gasteiger partial charge < -0.3 is 15.0 Å². The lowest BCUT2D eigenvalue weighted by Gasteiger charge is -2.27. The average molecular weight is 375 g/mol. The highest BCUT2D eigenvalue weighted by Crippen LogP contribution is 2.15. The zero-order chi connectivity index (χ0) is 19.1. The first kappa shape index (κ1) is 19.8. The van der Waals surface area contributed by atoms with Crippen LogP contribution in [0.5, 0.6) is 5.75 Å². The fourth-order valence-corrected chi connectivity index (χ4v) is 2.66. The van der Waals surface area contributed by atoms with Crippen LogP contribution in [0.1, 0.15) is 25.0 Å². The Labute approximate surface area is 158 Å². The summed E-state index contributed by atoms with van der Waals surface area (Å²) < 4.78 is 5.14. The summed E-state index contributed by atoms with van der Waals surface area (Å²) in [7, 11) is 1.60. The van der Waals surface area contributed by atoms with Crippen LogP contribution in [0.4, 0.5) is 0 Å². The van der Waals surface area contributed by atoms with E-state index in [0.29, 0.717) is 18.1 Å². The van der Waals surface area contributed by atoms with E-state index in [-0.39, 0.29) is 11.8 Å². The Morgan fingerprint density at radius 1 is 1.08 bits per heavy atom. The number of nitrogens with one attached hydrogen (secondary N) is 1. The first-order chi connectivity index (χ1) is 12.4. The number of ether oxygens (including phenoxy) is 1. The SMILES string of the molecule is COc1ccc(CN(C(C)=O)C(C)C(=O)NCc2ccc(Cl)cc2)cc1. The van der Waals surface area contributed by atoms with E-state index in [0.717, 1.165) is 16.9 Å². The molecule has 0 fully saturated rings. The van der Waals surface area contributed by atoms with Gasteiger partial charge in [-0.3, -0.25) is 9.59 Å². The molecule has 26 heavy (non-hydrogen) atoms. The molecule has 0 aromatic heterocycles. The van der Waals surface area contributed by atoms with Gasteiger partial charge in [-0.15, -0.1) is 0 Å². The molecular formula is C20H23ClN2O3. The van der Waals surface area contributed by atoms with E-state index in [1.165, 1.54) is 6.92 Å². The molecule has 2 amide bonds. The molecule has 0 aliphatic carbocycles. The molecule has 5 nitrogen and oxygen atoms in total. The second kappa shape index (κ2) is 9.25. The molecule has 0 heterocycles. The highest BCUT2D eigenvalue weighted by atomic mass is 35.5. The third-order valence-electron chi connectivity index (χ3n) is 4.14. The molecule has 1 N–H and O–H groups in total. The van der Waals surface area contributed by atoms with E-state index >= 15 is 0 Å². The highest BCUT2D eigenvalue weighted by molar-refractivity contribution is 6.30. The van der Waals surface area contributed by atoms with Gasteiger partial charge in [0.25, 0.3) is 0 Å². The summed E-state index contributed by atoms with van der Waals surface area (Å²) in [5, 5.41) is 3.51. The van der Waals surface area contributed by atoms with E-state index in [1.807, 2.05) is 36.4 Å². The molecule has 0 aliphatic heterocycles. The number of nitrogens with zero attached hydrogens (tertiary/aromatic N) is 1. The quantitative estimate of drug-likeness (QED) is 0.808. The van der Waals surface area contributed by atoms with Crippen molar-refractivity contribution in [1.29, 1.82) is 0 Å². The summed E-state index contributed by atoms with van der Waals surface area (Å²) in [4.78, 5) is 26.0. The van der Waals surface area contributed by atoms with Gasteiger partial charge in [-0.25, -0.2) is 0 Å². The van der Waals surface area contributed by atoms with Crippen molar-refractivity contribution in [3.8, 4) is 5.75 Å². The van der Waals surface area contributed by atoms with Gasteiger partial charge in [-0.1, -0.05) is 35.9 Å². The minimum Gasteiger partial charge on any atom is -0.497 e. The minimum atomic E-state index is -0.582. The standard InChI is InChI=1S/C20H23ClN2O3/c1-14(20(25)22-12-16-4-8-18(21)9-5-16)23(15(2)24)13-17-6-10-19(26-3)11-7-17/h4-11,14H,12-13H2,1-3H3,(H,22,25). The van der Waals surface area contributed by atoms with Crippen LogP contribution in [-0.4, -0.2) is 29.9 Å². The average Bonchev–Trinajstić information content (AvgIpc) is 2.65. The largest absolute Gasteiger partial charge is 0.497 e. The molecular weight excluding hydrogens is 352 g/mol. The number of carbonyl (C=O) groups is 2. The zero-order valence-electron chi connectivity index (χ0n) is 15.2. The van der Waals surface area contributed by atoms with Gasteiger partial charge in [0, 0.05) is 25.0 Å². The Bertz CT molecular complexity index is 745. The van der Waals surface area contributed by atoms with Crippen molar-refractivity contribution in [2.45, 2.75) is 33.0 Å². The first-order valence-electron chi connectivity index (χ1n) is 8.33. The van der Waals surface area contributed by atoms with Gasteiger partial charge in [0.05, 0.1) is 7.11 Å². The number of methoxy groups -OCH3 is 1. The molecule has 138 valence electrons. The third kappa shape index (κ3) is 5.49. The van der Waals surface area contributed by atoms with Gasteiger partial charge in [0.1, 0.15) is 11.8 Å². The van der Waals surface area contributed by atoms with Gasteiger partial charge in [-0.2, -0.15) is 0 Å². The molecule has 1 atom stereocenters. The summed E-state index contributed by atoms with van der Waals surface area (Å²) in [6.07, 6.45) is 0. The molecule has 0 saturated carbocycles. The number of carbonyl (C=O) groups excluding carboxylic acids is 2. The molecule has 6 heteroatoms. The Balaban J connectivity index is 1.99. The Hall–Kier alpha value is -2.53. The molecule has 2 rings (SSSR count). The van der Waals surface area contributed by atoms with Gasteiger partial charge in [0.2, 0.25) is 11.8 Å². The van der Waals surface area contributed by atoms with Crippen molar-refractivity contribution >= 4 is 23.4 Å². The fraction of sp³-hybridized carbons (Fsp3) is 0.300. The normalized spacial score (nSPS) is 11.5. The van der Waals surface area contributed by atoms with Gasteiger partial charge in [-0.05, 0) is 42.3 Å². The summed E-state index contributed by atoms with van der Waals surface area (Å²) in [5.41, 5.74) is 1.87. The van der Waals surface area contributed by atoms with Gasteiger partial charge >= 0.3 is 0 Å². The van der Waals surface area contributed by atoms with Crippen LogP contribution in [0.2, 0.25) is 5.02 Å². The van der Waals surface area contributed by atoms with Crippen LogP contribution in [0, 0.1) is 0 Å². The maximum absolute atomic E-state index is 12.5. The van der Waals surface area contributed by atoms with E-state index in [2.05, 4.69) is 5.32 Å². The Kier molecular flexibility index (Phi) is 7.04. The lowest BCUT2D eigenvalue weighted by molar-refractivity contribution is -0.139. The maximum atomic E-state index is 12.5. The highest BCUT2D eigenvalue weighted by Gasteiger charge is 2.23. The van der Waals surface area contributed by atoms with E-state index in [1.54, 1.807) is 31.1 Å². The van der Waals surface area contributed by atoms with E-state index < -0.39 is 6.04 Å². The summed E-state index contributed by atoms with van der Waals surface area (Å²) in [6, 6.07) is 14.1. The molecule has 0 spiro atoms. The van der Waals surface area contributed by atoms with Crippen LogP contribution in [-0.2, 0) is 22.7 Å². The maximum Gasteiger partial charge on any atom is 0.242 e. The smallest absolute Gasteiger partial charge is 0.242 e. The molecule has 2 aromatic rings. The van der Waals surface area contributed by atoms with E-state index in [9.17, 15) is 9.59 Å². The van der Waals surface area contributed by atoms with Crippen molar-refractivity contribution in [3.63, 3.8) is 0 Å². The molecule has 0 radical (unpaired) electrons. The molecule has 0 aliphatic rings. The van der Waals surface area contributed by atoms with Crippen molar-refractivity contribution < 1.29 is 14.3 Å². The Morgan fingerprint density at radius 2 is 1.65 bits per heavy atom. The van der Waals surface area contributed by atoms with Crippen LogP contribution in [0.25, 0.3) is 0 Å². The Morgan fingerprint density at radius 3 is 2.19 bits per heavy atom. The monoisotopic (exact) mass is 374 g/mol. The predicted octanol–water partition coefficient (Wildman–Crippen LogP) is 3.40.